The van der Waals surface area contributed by atoms with Gasteiger partial charge in [-0.2, -0.15) is 0 Å². The van der Waals surface area contributed by atoms with Crippen molar-refractivity contribution < 1.29 is 31.5 Å². The summed E-state index contributed by atoms with van der Waals surface area (Å²) in [5.41, 5.74) is -0.590. The molecular weight excluding hydrogens is 382 g/mol. The number of halogens is 2. The van der Waals surface area contributed by atoms with Gasteiger partial charge in [-0.05, 0) is 30.3 Å². The van der Waals surface area contributed by atoms with Gasteiger partial charge in [0.1, 0.15) is 23.9 Å². The minimum Gasteiger partial charge on any atom is -0.465 e. The minimum atomic E-state index is -3.94. The average Bonchev–Trinajstić information content (AvgIpc) is 2.61. The largest absolute Gasteiger partial charge is 0.465 e. The highest BCUT2D eigenvalue weighted by atomic mass is 32.2. The molecule has 144 valence electrons. The smallest absolute Gasteiger partial charge is 0.337 e. The third-order valence-corrected chi connectivity index (χ3v) is 4.61. The Kier molecular flexibility index (Phi) is 6.11. The Morgan fingerprint density at radius 1 is 1.11 bits per heavy atom. The number of amides is 1. The summed E-state index contributed by atoms with van der Waals surface area (Å²) in [7, 11) is -2.78. The van der Waals surface area contributed by atoms with Crippen LogP contribution < -0.4 is 9.62 Å². The van der Waals surface area contributed by atoms with Crippen LogP contribution in [-0.4, -0.2) is 40.2 Å². The molecule has 0 atom stereocenters. The molecule has 27 heavy (non-hydrogen) atoms. The van der Waals surface area contributed by atoms with Crippen molar-refractivity contribution in [2.45, 2.75) is 0 Å². The molecule has 0 aliphatic heterocycles. The molecule has 2 aromatic rings. The number of sulfonamides is 1. The van der Waals surface area contributed by atoms with Gasteiger partial charge in [0, 0.05) is 0 Å². The number of rotatable bonds is 6. The van der Waals surface area contributed by atoms with E-state index in [1.807, 2.05) is 5.32 Å². The van der Waals surface area contributed by atoms with Crippen LogP contribution >= 0.6 is 0 Å². The van der Waals surface area contributed by atoms with Gasteiger partial charge in [0.15, 0.2) is 0 Å². The molecule has 1 N–H and O–H groups in total. The van der Waals surface area contributed by atoms with Gasteiger partial charge >= 0.3 is 5.97 Å². The molecule has 1 amide bonds. The van der Waals surface area contributed by atoms with E-state index in [9.17, 15) is 26.8 Å². The third-order valence-electron chi connectivity index (χ3n) is 3.47. The van der Waals surface area contributed by atoms with Crippen molar-refractivity contribution >= 4 is 33.3 Å². The van der Waals surface area contributed by atoms with Gasteiger partial charge in [-0.1, -0.05) is 12.1 Å². The minimum absolute atomic E-state index is 0.0181. The molecule has 0 aromatic heterocycles. The second-order valence-corrected chi connectivity index (χ2v) is 7.36. The summed E-state index contributed by atoms with van der Waals surface area (Å²) in [6.45, 7) is -0.753. The molecule has 10 heteroatoms. The SMILES string of the molecule is COC(=O)c1cccc(N(CC(=O)Nc2c(F)cccc2F)S(C)(=O)=O)c1. The van der Waals surface area contributed by atoms with E-state index in [1.165, 1.54) is 31.4 Å². The standard InChI is InChI=1S/C17H16F2N2O5S/c1-26-17(23)11-5-3-6-12(9-11)21(27(2,24)25)10-15(22)20-16-13(18)7-4-8-14(16)19/h3-9H,10H2,1-2H3,(H,20,22). The number of nitrogens with zero attached hydrogens (tertiary/aromatic N) is 1. The first-order chi connectivity index (χ1) is 12.6. The lowest BCUT2D eigenvalue weighted by atomic mass is 10.2. The van der Waals surface area contributed by atoms with Gasteiger partial charge in [-0.25, -0.2) is 22.0 Å². The lowest BCUT2D eigenvalue weighted by molar-refractivity contribution is -0.114. The number of carbonyl (C=O) groups is 2. The molecule has 0 heterocycles. The lowest BCUT2D eigenvalue weighted by Crippen LogP contribution is -2.37. The summed E-state index contributed by atoms with van der Waals surface area (Å²) in [6.07, 6.45) is 0.856. The number of hydrogen-bond donors (Lipinski definition) is 1. The Balaban J connectivity index is 2.31. The molecule has 0 radical (unpaired) electrons. The normalized spacial score (nSPS) is 11.0. The van der Waals surface area contributed by atoms with Crippen LogP contribution in [0.4, 0.5) is 20.2 Å². The van der Waals surface area contributed by atoms with Crippen LogP contribution in [0.5, 0.6) is 0 Å². The number of hydrogen-bond acceptors (Lipinski definition) is 5. The zero-order chi connectivity index (χ0) is 20.2. The van der Waals surface area contributed by atoms with Crippen molar-refractivity contribution in [2.75, 3.05) is 29.5 Å². The Bertz CT molecular complexity index is 959. The monoisotopic (exact) mass is 398 g/mol. The Labute approximate surface area is 154 Å². The molecule has 0 aliphatic carbocycles. The number of anilines is 2. The van der Waals surface area contributed by atoms with Crippen molar-refractivity contribution in [1.82, 2.24) is 0 Å². The van der Waals surface area contributed by atoms with Crippen LogP contribution in [0.15, 0.2) is 42.5 Å². The van der Waals surface area contributed by atoms with E-state index >= 15 is 0 Å². The first kappa shape index (κ1) is 20.3. The summed E-state index contributed by atoms with van der Waals surface area (Å²) in [5.74, 6) is -3.65. The fourth-order valence-corrected chi connectivity index (χ4v) is 3.08. The number of benzene rings is 2. The number of para-hydroxylation sites is 1. The highest BCUT2D eigenvalue weighted by molar-refractivity contribution is 7.92. The van der Waals surface area contributed by atoms with E-state index in [0.29, 0.717) is 4.31 Å². The van der Waals surface area contributed by atoms with Crippen LogP contribution in [0.25, 0.3) is 0 Å². The number of nitrogens with one attached hydrogen (secondary N) is 1. The van der Waals surface area contributed by atoms with E-state index < -0.39 is 45.8 Å². The van der Waals surface area contributed by atoms with Crippen LogP contribution in [0, 0.1) is 11.6 Å². The highest BCUT2D eigenvalue weighted by Gasteiger charge is 2.23. The molecule has 0 saturated carbocycles. The highest BCUT2D eigenvalue weighted by Crippen LogP contribution is 2.21. The first-order valence-corrected chi connectivity index (χ1v) is 9.38. The summed E-state index contributed by atoms with van der Waals surface area (Å²) < 4.78 is 56.7. The van der Waals surface area contributed by atoms with Crippen molar-refractivity contribution in [3.05, 3.63) is 59.7 Å². The third kappa shape index (κ3) is 5.00. The van der Waals surface area contributed by atoms with Gasteiger partial charge in [0.2, 0.25) is 15.9 Å². The summed E-state index contributed by atoms with van der Waals surface area (Å²) in [5, 5.41) is 2.01. The maximum Gasteiger partial charge on any atom is 0.337 e. The van der Waals surface area contributed by atoms with E-state index in [2.05, 4.69) is 4.74 Å². The second-order valence-electron chi connectivity index (χ2n) is 5.46. The predicted octanol–water partition coefficient (Wildman–Crippen LogP) is 2.16. The van der Waals surface area contributed by atoms with E-state index in [-0.39, 0.29) is 11.3 Å². The van der Waals surface area contributed by atoms with Crippen molar-refractivity contribution in [2.24, 2.45) is 0 Å². The number of ether oxygens (including phenoxy) is 1. The van der Waals surface area contributed by atoms with Crippen molar-refractivity contribution in [3.8, 4) is 0 Å². The first-order valence-electron chi connectivity index (χ1n) is 7.53. The van der Waals surface area contributed by atoms with Crippen LogP contribution in [0.3, 0.4) is 0 Å². The predicted molar refractivity (Wildman–Crippen MR) is 95.0 cm³/mol. The van der Waals surface area contributed by atoms with Gasteiger partial charge in [0.25, 0.3) is 0 Å². The topological polar surface area (TPSA) is 92.8 Å². The molecule has 0 fully saturated rings. The molecule has 0 aliphatic rings. The Morgan fingerprint density at radius 2 is 1.70 bits per heavy atom. The van der Waals surface area contributed by atoms with Crippen molar-refractivity contribution in [3.63, 3.8) is 0 Å². The second kappa shape index (κ2) is 8.12. The van der Waals surface area contributed by atoms with Crippen LogP contribution in [-0.2, 0) is 19.6 Å². The molecule has 7 nitrogen and oxygen atoms in total. The molecule has 0 saturated heterocycles. The number of carbonyl (C=O) groups excluding carboxylic acids is 2. The molecule has 2 rings (SSSR count). The lowest BCUT2D eigenvalue weighted by Gasteiger charge is -2.22. The molecule has 2 aromatic carbocycles. The zero-order valence-electron chi connectivity index (χ0n) is 14.4. The molecular formula is C17H16F2N2O5S. The zero-order valence-corrected chi connectivity index (χ0v) is 15.2. The number of esters is 1. The molecule has 0 spiro atoms. The van der Waals surface area contributed by atoms with E-state index in [4.69, 9.17) is 0 Å². The Morgan fingerprint density at radius 3 is 2.26 bits per heavy atom. The van der Waals surface area contributed by atoms with Gasteiger partial charge in [-0.3, -0.25) is 9.10 Å². The fraction of sp³-hybridized carbons (Fsp3) is 0.176. The summed E-state index contributed by atoms with van der Waals surface area (Å²) >= 11 is 0. The van der Waals surface area contributed by atoms with Gasteiger partial charge < -0.3 is 10.1 Å². The fourth-order valence-electron chi connectivity index (χ4n) is 2.23. The molecule has 0 unspecified atom stereocenters. The van der Waals surface area contributed by atoms with E-state index in [0.717, 1.165) is 24.5 Å². The van der Waals surface area contributed by atoms with Gasteiger partial charge in [-0.15, -0.1) is 0 Å². The van der Waals surface area contributed by atoms with Crippen LogP contribution in [0.2, 0.25) is 0 Å². The van der Waals surface area contributed by atoms with E-state index in [1.54, 1.807) is 0 Å². The van der Waals surface area contributed by atoms with Crippen molar-refractivity contribution in [1.29, 1.82) is 0 Å². The van der Waals surface area contributed by atoms with Gasteiger partial charge in [0.05, 0.1) is 24.6 Å². The average molecular weight is 398 g/mol. The number of methoxy groups -OCH3 is 1. The molecule has 0 bridgehead atoms. The maximum absolute atomic E-state index is 13.6. The Hall–Kier alpha value is -3.01. The maximum atomic E-state index is 13.6. The summed E-state index contributed by atoms with van der Waals surface area (Å²) in [6, 6.07) is 8.44. The summed E-state index contributed by atoms with van der Waals surface area (Å²) in [4.78, 5) is 23.8. The van der Waals surface area contributed by atoms with Crippen LogP contribution in [0.1, 0.15) is 10.4 Å². The quantitative estimate of drug-likeness (QED) is 0.753.